The molecular formula is C19H20FN3O2. The molecule has 0 spiro atoms. The van der Waals surface area contributed by atoms with Gasteiger partial charge in [-0.15, -0.1) is 0 Å². The highest BCUT2D eigenvalue weighted by atomic mass is 19.1. The van der Waals surface area contributed by atoms with Gasteiger partial charge in [-0.1, -0.05) is 12.1 Å². The number of hydrogen-bond donors (Lipinski definition) is 2. The van der Waals surface area contributed by atoms with Crippen molar-refractivity contribution in [3.63, 3.8) is 0 Å². The number of halogens is 1. The van der Waals surface area contributed by atoms with Crippen molar-refractivity contribution in [3.05, 3.63) is 53.3 Å². The molecule has 25 heavy (non-hydrogen) atoms. The summed E-state index contributed by atoms with van der Waals surface area (Å²) in [6, 6.07) is 10.4. The molecule has 0 radical (unpaired) electrons. The van der Waals surface area contributed by atoms with Crippen molar-refractivity contribution in [2.24, 2.45) is 4.99 Å². The van der Waals surface area contributed by atoms with Crippen molar-refractivity contribution in [1.82, 2.24) is 0 Å². The molecule has 1 amide bonds. The highest BCUT2D eigenvalue weighted by Gasteiger charge is 2.30. The number of carbonyl (C=O) groups excluding carboxylic acids is 1. The number of aryl methyl sites for hydroxylation is 1. The maximum Gasteiger partial charge on any atom is 0.237 e. The maximum atomic E-state index is 14.1. The van der Waals surface area contributed by atoms with Gasteiger partial charge in [0, 0.05) is 31.6 Å². The van der Waals surface area contributed by atoms with E-state index in [2.05, 4.69) is 15.6 Å². The van der Waals surface area contributed by atoms with E-state index < -0.39 is 11.7 Å². The Kier molecular flexibility index (Phi) is 5.09. The molecule has 1 atom stereocenters. The number of ether oxygens (including phenoxy) is 1. The second-order valence-electron chi connectivity index (χ2n) is 5.86. The first-order chi connectivity index (χ1) is 12.1. The lowest BCUT2D eigenvalue weighted by molar-refractivity contribution is -0.115. The molecule has 3 rings (SSSR count). The molecule has 0 fully saturated rings. The fraction of sp³-hybridized carbons (Fsp3) is 0.263. The van der Waals surface area contributed by atoms with E-state index >= 15 is 0 Å². The summed E-state index contributed by atoms with van der Waals surface area (Å²) in [5, 5.41) is 5.80. The van der Waals surface area contributed by atoms with Gasteiger partial charge in [0.25, 0.3) is 0 Å². The number of hydrogen-bond acceptors (Lipinski definition) is 4. The zero-order valence-corrected chi connectivity index (χ0v) is 14.2. The smallest absolute Gasteiger partial charge is 0.237 e. The number of amides is 1. The van der Waals surface area contributed by atoms with E-state index in [1.807, 2.05) is 25.1 Å². The lowest BCUT2D eigenvalue weighted by Crippen LogP contribution is -2.13. The fourth-order valence-electron chi connectivity index (χ4n) is 2.86. The third kappa shape index (κ3) is 3.69. The molecular weight excluding hydrogens is 321 g/mol. The van der Waals surface area contributed by atoms with Crippen LogP contribution in [0.5, 0.6) is 0 Å². The van der Waals surface area contributed by atoms with E-state index in [1.165, 1.54) is 6.07 Å². The van der Waals surface area contributed by atoms with Gasteiger partial charge in [-0.05, 0) is 36.2 Å². The Morgan fingerprint density at radius 3 is 2.96 bits per heavy atom. The standard InChI is InChI=1S/C19H20FN3O2/c1-12-4-3-5-17-18(12)14(19(24)23-17)11-22-13-6-7-16(15(20)10-13)21-8-9-25-2/h3-7,10-11,14,21H,8-9H2,1-2H3,(H,23,24). The summed E-state index contributed by atoms with van der Waals surface area (Å²) in [6.45, 7) is 2.98. The molecule has 2 N–H and O–H groups in total. The van der Waals surface area contributed by atoms with E-state index in [9.17, 15) is 9.18 Å². The minimum atomic E-state index is -0.459. The predicted molar refractivity (Wildman–Crippen MR) is 97.5 cm³/mol. The average molecular weight is 341 g/mol. The Balaban J connectivity index is 1.77. The molecule has 0 aliphatic carbocycles. The van der Waals surface area contributed by atoms with Crippen LogP contribution >= 0.6 is 0 Å². The summed E-state index contributed by atoms with van der Waals surface area (Å²) in [5.41, 5.74) is 3.62. The highest BCUT2D eigenvalue weighted by molar-refractivity contribution is 6.13. The minimum Gasteiger partial charge on any atom is -0.383 e. The van der Waals surface area contributed by atoms with Crippen molar-refractivity contribution in [1.29, 1.82) is 0 Å². The van der Waals surface area contributed by atoms with Crippen molar-refractivity contribution in [2.45, 2.75) is 12.8 Å². The zero-order valence-electron chi connectivity index (χ0n) is 14.2. The molecule has 0 aromatic heterocycles. The third-order valence-corrected chi connectivity index (χ3v) is 4.12. The number of aliphatic imine (C=N–C) groups is 1. The summed E-state index contributed by atoms with van der Waals surface area (Å²) in [7, 11) is 1.59. The molecule has 5 nitrogen and oxygen atoms in total. The van der Waals surface area contributed by atoms with Crippen LogP contribution in [0, 0.1) is 12.7 Å². The summed E-state index contributed by atoms with van der Waals surface area (Å²) < 4.78 is 19.0. The Labute approximate surface area is 145 Å². The number of rotatable bonds is 6. The molecule has 6 heteroatoms. The van der Waals surface area contributed by atoms with Crippen LogP contribution in [0.2, 0.25) is 0 Å². The van der Waals surface area contributed by atoms with Gasteiger partial charge in [0.2, 0.25) is 5.91 Å². The molecule has 1 heterocycles. The van der Waals surface area contributed by atoms with Gasteiger partial charge in [0.15, 0.2) is 0 Å². The van der Waals surface area contributed by atoms with Crippen LogP contribution in [0.4, 0.5) is 21.5 Å². The van der Waals surface area contributed by atoms with Crippen LogP contribution < -0.4 is 10.6 Å². The van der Waals surface area contributed by atoms with Crippen LogP contribution in [-0.4, -0.2) is 32.4 Å². The van der Waals surface area contributed by atoms with Gasteiger partial charge in [-0.25, -0.2) is 4.39 Å². The maximum absolute atomic E-state index is 14.1. The first-order valence-electron chi connectivity index (χ1n) is 8.07. The van der Waals surface area contributed by atoms with E-state index in [1.54, 1.807) is 25.5 Å². The molecule has 2 aromatic carbocycles. The number of nitrogens with one attached hydrogen (secondary N) is 2. The normalized spacial score (nSPS) is 16.1. The van der Waals surface area contributed by atoms with Crippen LogP contribution in [-0.2, 0) is 9.53 Å². The molecule has 1 unspecified atom stereocenters. The van der Waals surface area contributed by atoms with E-state index in [0.29, 0.717) is 24.5 Å². The van der Waals surface area contributed by atoms with Crippen LogP contribution in [0.15, 0.2) is 41.4 Å². The molecule has 0 saturated heterocycles. The van der Waals surface area contributed by atoms with Gasteiger partial charge in [-0.3, -0.25) is 9.79 Å². The SMILES string of the molecule is COCCNc1ccc(N=CC2C(=O)Nc3cccc(C)c32)cc1F. The number of methoxy groups -OCH3 is 1. The molecule has 130 valence electrons. The summed E-state index contributed by atoms with van der Waals surface area (Å²) in [6.07, 6.45) is 1.57. The Morgan fingerprint density at radius 1 is 1.36 bits per heavy atom. The van der Waals surface area contributed by atoms with Gasteiger partial charge in [0.05, 0.1) is 18.0 Å². The number of nitrogens with zero attached hydrogens (tertiary/aromatic N) is 1. The van der Waals surface area contributed by atoms with Crippen molar-refractivity contribution in [2.75, 3.05) is 30.9 Å². The van der Waals surface area contributed by atoms with Gasteiger partial charge in [0.1, 0.15) is 11.7 Å². The first-order valence-corrected chi connectivity index (χ1v) is 8.07. The van der Waals surface area contributed by atoms with Crippen molar-refractivity contribution < 1.29 is 13.9 Å². The number of carbonyl (C=O) groups is 1. The molecule has 1 aliphatic rings. The summed E-state index contributed by atoms with van der Waals surface area (Å²) >= 11 is 0. The third-order valence-electron chi connectivity index (χ3n) is 4.12. The predicted octanol–water partition coefficient (Wildman–Crippen LogP) is 3.63. The summed E-state index contributed by atoms with van der Waals surface area (Å²) in [4.78, 5) is 16.5. The lowest BCUT2D eigenvalue weighted by Gasteiger charge is -2.08. The Morgan fingerprint density at radius 2 is 2.20 bits per heavy atom. The number of benzene rings is 2. The van der Waals surface area contributed by atoms with E-state index in [4.69, 9.17) is 4.74 Å². The van der Waals surface area contributed by atoms with Crippen LogP contribution in [0.1, 0.15) is 17.0 Å². The van der Waals surface area contributed by atoms with Crippen molar-refractivity contribution >= 4 is 29.2 Å². The monoisotopic (exact) mass is 341 g/mol. The zero-order chi connectivity index (χ0) is 17.8. The van der Waals surface area contributed by atoms with E-state index in [0.717, 1.165) is 16.8 Å². The largest absolute Gasteiger partial charge is 0.383 e. The van der Waals surface area contributed by atoms with Gasteiger partial charge < -0.3 is 15.4 Å². The second kappa shape index (κ2) is 7.44. The summed E-state index contributed by atoms with van der Waals surface area (Å²) in [5.74, 6) is -0.969. The first kappa shape index (κ1) is 17.1. The Bertz CT molecular complexity index is 820. The van der Waals surface area contributed by atoms with E-state index in [-0.39, 0.29) is 5.91 Å². The topological polar surface area (TPSA) is 62.7 Å². The van der Waals surface area contributed by atoms with Crippen LogP contribution in [0.25, 0.3) is 0 Å². The quantitative estimate of drug-likeness (QED) is 0.623. The van der Waals surface area contributed by atoms with Gasteiger partial charge in [-0.2, -0.15) is 0 Å². The number of anilines is 2. The molecule has 0 saturated carbocycles. The van der Waals surface area contributed by atoms with Crippen molar-refractivity contribution in [3.8, 4) is 0 Å². The van der Waals surface area contributed by atoms with Crippen LogP contribution in [0.3, 0.4) is 0 Å². The average Bonchev–Trinajstić information content (AvgIpc) is 2.91. The second-order valence-corrected chi connectivity index (χ2v) is 5.86. The highest BCUT2D eigenvalue weighted by Crippen LogP contribution is 2.34. The fourth-order valence-corrected chi connectivity index (χ4v) is 2.86. The van der Waals surface area contributed by atoms with Gasteiger partial charge >= 0.3 is 0 Å². The lowest BCUT2D eigenvalue weighted by atomic mass is 9.97. The minimum absolute atomic E-state index is 0.119. The Hall–Kier alpha value is -2.73. The molecule has 2 aromatic rings. The molecule has 0 bridgehead atoms. The molecule has 1 aliphatic heterocycles. The number of fused-ring (bicyclic) bond motifs is 1.